The molecule has 1 N–H and O–H groups in total. The normalized spacial score (nSPS) is 34.0. The number of carbonyl (C=O) groups is 2. The van der Waals surface area contributed by atoms with Crippen LogP contribution in [0.5, 0.6) is 0 Å². The fourth-order valence-corrected chi connectivity index (χ4v) is 6.38. The first-order valence-corrected chi connectivity index (χ1v) is 10.9. The average molecular weight is 383 g/mol. The molecule has 5 aliphatic rings. The lowest BCUT2D eigenvalue weighted by molar-refractivity contribution is -0.146. The van der Waals surface area contributed by atoms with Crippen LogP contribution in [0, 0.1) is 23.7 Å². The van der Waals surface area contributed by atoms with Gasteiger partial charge in [-0.05, 0) is 74.2 Å². The maximum absolute atomic E-state index is 13.5. The van der Waals surface area contributed by atoms with Gasteiger partial charge in [-0.3, -0.25) is 0 Å². The number of ether oxygens (including phenoxy) is 1. The van der Waals surface area contributed by atoms with Crippen LogP contribution < -0.4 is 5.32 Å². The Bertz CT molecular complexity index is 717. The van der Waals surface area contributed by atoms with Gasteiger partial charge >= 0.3 is 12.0 Å². The van der Waals surface area contributed by atoms with E-state index in [1.54, 1.807) is 4.90 Å². The molecule has 5 aliphatic carbocycles. The van der Waals surface area contributed by atoms with Gasteiger partial charge in [0.1, 0.15) is 0 Å². The van der Waals surface area contributed by atoms with E-state index < -0.39 is 6.04 Å². The molecule has 5 heteroatoms. The molecule has 1 aromatic rings. The van der Waals surface area contributed by atoms with Crippen molar-refractivity contribution in [1.29, 1.82) is 0 Å². The number of hydrogen-bond donors (Lipinski definition) is 1. The molecule has 0 aromatic heterocycles. The standard InChI is InChI=1S/C23H30N2O3/c1-28-22(26)21(16-5-3-2-4-6-16)25(19-7-8-19)23(27)24-20-17-10-14-9-15(12-17)13-18(20)11-14/h2-6,14-15,17-21H,7-13H2,1H3,(H,24,27). The SMILES string of the molecule is COC(=O)C(c1ccccc1)N(C(=O)NC1C2CC3CC(C2)CC1C3)C1CC1. The first kappa shape index (κ1) is 18.0. The molecule has 0 heterocycles. The molecule has 1 aromatic carbocycles. The lowest BCUT2D eigenvalue weighted by Crippen LogP contribution is -2.59. The molecule has 1 unspecified atom stereocenters. The van der Waals surface area contributed by atoms with E-state index in [1.807, 2.05) is 30.3 Å². The van der Waals surface area contributed by atoms with E-state index in [1.165, 1.54) is 39.2 Å². The van der Waals surface area contributed by atoms with Gasteiger partial charge in [0, 0.05) is 12.1 Å². The number of esters is 1. The molecule has 4 bridgehead atoms. The third kappa shape index (κ3) is 3.19. The number of methoxy groups -OCH3 is 1. The van der Waals surface area contributed by atoms with Crippen LogP contribution in [0.3, 0.4) is 0 Å². The molecule has 5 nitrogen and oxygen atoms in total. The van der Waals surface area contributed by atoms with E-state index in [0.29, 0.717) is 11.8 Å². The Morgan fingerprint density at radius 1 is 1.00 bits per heavy atom. The molecule has 28 heavy (non-hydrogen) atoms. The van der Waals surface area contributed by atoms with Crippen molar-refractivity contribution in [2.45, 2.75) is 63.1 Å². The Hall–Kier alpha value is -2.04. The summed E-state index contributed by atoms with van der Waals surface area (Å²) < 4.78 is 5.10. The summed E-state index contributed by atoms with van der Waals surface area (Å²) in [5.41, 5.74) is 0.821. The number of nitrogens with zero attached hydrogens (tertiary/aromatic N) is 1. The van der Waals surface area contributed by atoms with Crippen LogP contribution in [-0.2, 0) is 9.53 Å². The van der Waals surface area contributed by atoms with Gasteiger partial charge < -0.3 is 15.0 Å². The van der Waals surface area contributed by atoms with Gasteiger partial charge in [0.25, 0.3) is 0 Å². The van der Waals surface area contributed by atoms with Crippen molar-refractivity contribution in [3.63, 3.8) is 0 Å². The fraction of sp³-hybridized carbons (Fsp3) is 0.652. The van der Waals surface area contributed by atoms with E-state index in [4.69, 9.17) is 4.74 Å². The molecule has 2 amide bonds. The molecule has 6 rings (SSSR count). The first-order chi connectivity index (χ1) is 13.6. The summed E-state index contributed by atoms with van der Waals surface area (Å²) in [6.07, 6.45) is 8.37. The Morgan fingerprint density at radius 3 is 2.14 bits per heavy atom. The van der Waals surface area contributed by atoms with Crippen molar-refractivity contribution >= 4 is 12.0 Å². The molecule has 150 valence electrons. The van der Waals surface area contributed by atoms with Crippen LogP contribution in [0.1, 0.15) is 56.6 Å². The minimum absolute atomic E-state index is 0.0840. The van der Waals surface area contributed by atoms with Gasteiger partial charge in [0.15, 0.2) is 6.04 Å². The number of urea groups is 1. The molecule has 5 saturated carbocycles. The van der Waals surface area contributed by atoms with E-state index in [0.717, 1.165) is 30.2 Å². The number of carbonyl (C=O) groups excluding carboxylic acids is 2. The Kier molecular flexibility index (Phi) is 4.56. The second kappa shape index (κ2) is 7.09. The van der Waals surface area contributed by atoms with E-state index in [9.17, 15) is 9.59 Å². The van der Waals surface area contributed by atoms with Crippen LogP contribution >= 0.6 is 0 Å². The topological polar surface area (TPSA) is 58.6 Å². The quantitative estimate of drug-likeness (QED) is 0.786. The molecule has 0 spiro atoms. The number of rotatable bonds is 5. The maximum atomic E-state index is 13.5. The van der Waals surface area contributed by atoms with Crippen molar-refractivity contribution in [3.8, 4) is 0 Å². The zero-order valence-electron chi connectivity index (χ0n) is 16.5. The maximum Gasteiger partial charge on any atom is 0.333 e. The summed E-state index contributed by atoms with van der Waals surface area (Å²) >= 11 is 0. The first-order valence-electron chi connectivity index (χ1n) is 10.9. The van der Waals surface area contributed by atoms with Gasteiger partial charge in [0.05, 0.1) is 7.11 Å². The number of nitrogens with one attached hydrogen (secondary N) is 1. The summed E-state index contributed by atoms with van der Waals surface area (Å²) in [4.78, 5) is 27.9. The highest BCUT2D eigenvalue weighted by Crippen LogP contribution is 2.53. The van der Waals surface area contributed by atoms with Crippen LogP contribution in [0.15, 0.2) is 30.3 Å². The molecule has 1 atom stereocenters. The fourth-order valence-electron chi connectivity index (χ4n) is 6.38. The third-order valence-corrected chi connectivity index (χ3v) is 7.51. The number of benzene rings is 1. The van der Waals surface area contributed by atoms with Crippen molar-refractivity contribution < 1.29 is 14.3 Å². The second-order valence-electron chi connectivity index (χ2n) is 9.38. The largest absolute Gasteiger partial charge is 0.467 e. The lowest BCUT2D eigenvalue weighted by Gasteiger charge is -2.54. The zero-order chi connectivity index (χ0) is 19.3. The Balaban J connectivity index is 1.38. The predicted molar refractivity (Wildman–Crippen MR) is 105 cm³/mol. The molecule has 0 saturated heterocycles. The predicted octanol–water partition coefficient (Wildman–Crippen LogP) is 3.90. The van der Waals surface area contributed by atoms with Gasteiger partial charge in [0.2, 0.25) is 0 Å². The molecule has 0 radical (unpaired) electrons. The molecule has 0 aliphatic heterocycles. The Labute approximate surface area is 166 Å². The van der Waals surface area contributed by atoms with Crippen LogP contribution in [0.25, 0.3) is 0 Å². The van der Waals surface area contributed by atoms with Crippen molar-refractivity contribution in [2.75, 3.05) is 7.11 Å². The summed E-state index contributed by atoms with van der Waals surface area (Å²) in [6.45, 7) is 0. The van der Waals surface area contributed by atoms with Crippen molar-refractivity contribution in [3.05, 3.63) is 35.9 Å². The number of amides is 2. The van der Waals surface area contributed by atoms with Gasteiger partial charge in [-0.1, -0.05) is 30.3 Å². The van der Waals surface area contributed by atoms with E-state index in [2.05, 4.69) is 5.32 Å². The minimum Gasteiger partial charge on any atom is -0.467 e. The highest BCUT2D eigenvalue weighted by Gasteiger charge is 2.50. The van der Waals surface area contributed by atoms with Gasteiger partial charge in [-0.2, -0.15) is 0 Å². The lowest BCUT2D eigenvalue weighted by atomic mass is 9.54. The third-order valence-electron chi connectivity index (χ3n) is 7.51. The molecule has 5 fully saturated rings. The average Bonchev–Trinajstić information content (AvgIpc) is 3.53. The minimum atomic E-state index is -0.671. The van der Waals surface area contributed by atoms with Crippen molar-refractivity contribution in [2.24, 2.45) is 23.7 Å². The highest BCUT2D eigenvalue weighted by atomic mass is 16.5. The van der Waals surface area contributed by atoms with Crippen molar-refractivity contribution in [1.82, 2.24) is 10.2 Å². The monoisotopic (exact) mass is 382 g/mol. The van der Waals surface area contributed by atoms with Crippen LogP contribution in [0.4, 0.5) is 4.79 Å². The van der Waals surface area contributed by atoms with E-state index in [-0.39, 0.29) is 24.1 Å². The molecular formula is C23H30N2O3. The Morgan fingerprint density at radius 2 is 1.61 bits per heavy atom. The number of hydrogen-bond acceptors (Lipinski definition) is 3. The van der Waals surface area contributed by atoms with E-state index >= 15 is 0 Å². The zero-order valence-corrected chi connectivity index (χ0v) is 16.5. The van der Waals surface area contributed by atoms with Crippen LogP contribution in [0.2, 0.25) is 0 Å². The summed E-state index contributed by atoms with van der Waals surface area (Å²) in [5, 5.41) is 3.39. The molecular weight excluding hydrogens is 352 g/mol. The highest BCUT2D eigenvalue weighted by molar-refractivity contribution is 5.85. The smallest absolute Gasteiger partial charge is 0.333 e. The second-order valence-corrected chi connectivity index (χ2v) is 9.38. The summed E-state index contributed by atoms with van der Waals surface area (Å²) in [6, 6.07) is 9.21. The van der Waals surface area contributed by atoms with Crippen LogP contribution in [-0.4, -0.2) is 36.1 Å². The van der Waals surface area contributed by atoms with Gasteiger partial charge in [-0.15, -0.1) is 0 Å². The van der Waals surface area contributed by atoms with Gasteiger partial charge in [-0.25, -0.2) is 9.59 Å². The summed E-state index contributed by atoms with van der Waals surface area (Å²) in [7, 11) is 1.40. The summed E-state index contributed by atoms with van der Waals surface area (Å²) in [5.74, 6) is 2.63.